The van der Waals surface area contributed by atoms with Crippen molar-refractivity contribution in [1.29, 1.82) is 0 Å². The molecule has 0 N–H and O–H groups in total. The zero-order valence-electron chi connectivity index (χ0n) is 9.52. The quantitative estimate of drug-likeness (QED) is 0.513. The first-order chi connectivity index (χ1) is 7.81. The van der Waals surface area contributed by atoms with Gasteiger partial charge in [-0.15, -0.1) is 0 Å². The molecule has 1 aromatic carbocycles. The highest BCUT2D eigenvalue weighted by Gasteiger charge is 2.37. The summed E-state index contributed by atoms with van der Waals surface area (Å²) in [4.78, 5) is 10.8. The fourth-order valence-corrected chi connectivity index (χ4v) is 3.34. The van der Waals surface area contributed by atoms with Crippen molar-refractivity contribution in [2.45, 2.75) is 31.6 Å². The molecule has 16 heavy (non-hydrogen) atoms. The Hall–Kier alpha value is -1.37. The minimum absolute atomic E-state index is 0.566. The maximum Gasteiger partial charge on any atom is 0.150 e. The van der Waals surface area contributed by atoms with Gasteiger partial charge < -0.3 is 0 Å². The lowest BCUT2D eigenvalue weighted by Crippen LogP contribution is -2.10. The zero-order chi connectivity index (χ0) is 11.1. The summed E-state index contributed by atoms with van der Waals surface area (Å²) in [7, 11) is 0. The van der Waals surface area contributed by atoms with Crippen LogP contribution in [0.25, 0.3) is 0 Å². The van der Waals surface area contributed by atoms with Crippen molar-refractivity contribution in [3.05, 3.63) is 47.0 Å². The standard InChI is InChI=1S/C15H16O/c1-10-12-4-2-3-5-13(12)14-7-6-11(9-16)8-15(10)14/h2,4,6-10,12-13H,3,5H2,1H3. The van der Waals surface area contributed by atoms with Gasteiger partial charge >= 0.3 is 0 Å². The smallest absolute Gasteiger partial charge is 0.150 e. The van der Waals surface area contributed by atoms with Crippen LogP contribution >= 0.6 is 0 Å². The highest BCUT2D eigenvalue weighted by Crippen LogP contribution is 2.50. The van der Waals surface area contributed by atoms with Gasteiger partial charge in [0.1, 0.15) is 6.29 Å². The third-order valence-electron chi connectivity index (χ3n) is 4.18. The van der Waals surface area contributed by atoms with Crippen molar-refractivity contribution in [3.8, 4) is 0 Å². The van der Waals surface area contributed by atoms with E-state index in [9.17, 15) is 4.79 Å². The van der Waals surface area contributed by atoms with Gasteiger partial charge in [-0.25, -0.2) is 0 Å². The number of carbonyl (C=O) groups excluding carboxylic acids is 1. The number of hydrogen-bond donors (Lipinski definition) is 0. The van der Waals surface area contributed by atoms with Crippen molar-refractivity contribution in [3.63, 3.8) is 0 Å². The number of fused-ring (bicyclic) bond motifs is 3. The lowest BCUT2D eigenvalue weighted by Gasteiger charge is -2.23. The van der Waals surface area contributed by atoms with Crippen LogP contribution in [0.3, 0.4) is 0 Å². The second-order valence-corrected chi connectivity index (χ2v) is 4.98. The fourth-order valence-electron chi connectivity index (χ4n) is 3.34. The molecular formula is C15H16O. The molecule has 2 aliphatic carbocycles. The highest BCUT2D eigenvalue weighted by atomic mass is 16.1. The number of hydrogen-bond acceptors (Lipinski definition) is 1. The maximum atomic E-state index is 10.8. The van der Waals surface area contributed by atoms with Gasteiger partial charge in [0, 0.05) is 5.56 Å². The van der Waals surface area contributed by atoms with Gasteiger partial charge in [-0.3, -0.25) is 4.79 Å². The average Bonchev–Trinajstić information content (AvgIpc) is 2.64. The Kier molecular flexibility index (Phi) is 2.20. The van der Waals surface area contributed by atoms with Crippen molar-refractivity contribution in [2.75, 3.05) is 0 Å². The molecule has 2 aliphatic rings. The van der Waals surface area contributed by atoms with Crippen LogP contribution in [0.4, 0.5) is 0 Å². The van der Waals surface area contributed by atoms with Gasteiger partial charge in [0.25, 0.3) is 0 Å². The molecule has 1 heteroatoms. The van der Waals surface area contributed by atoms with Crippen LogP contribution in [0.5, 0.6) is 0 Å². The fraction of sp³-hybridized carbons (Fsp3) is 0.400. The van der Waals surface area contributed by atoms with E-state index in [1.165, 1.54) is 24.0 Å². The first-order valence-electron chi connectivity index (χ1n) is 6.07. The Balaban J connectivity index is 2.11. The molecule has 0 saturated carbocycles. The van der Waals surface area contributed by atoms with Crippen molar-refractivity contribution >= 4 is 6.29 Å². The van der Waals surface area contributed by atoms with Gasteiger partial charge in [-0.1, -0.05) is 31.2 Å². The van der Waals surface area contributed by atoms with Gasteiger partial charge in [0.2, 0.25) is 0 Å². The Labute approximate surface area is 96.2 Å². The third kappa shape index (κ3) is 1.27. The summed E-state index contributed by atoms with van der Waals surface area (Å²) < 4.78 is 0. The molecule has 3 rings (SSSR count). The van der Waals surface area contributed by atoms with Gasteiger partial charge in [0.05, 0.1) is 0 Å². The maximum absolute atomic E-state index is 10.8. The molecule has 0 aromatic heterocycles. The number of carbonyl (C=O) groups is 1. The van der Waals surface area contributed by atoms with E-state index in [1.54, 1.807) is 0 Å². The van der Waals surface area contributed by atoms with Gasteiger partial charge in [0.15, 0.2) is 0 Å². The molecule has 3 unspecified atom stereocenters. The van der Waals surface area contributed by atoms with Crippen LogP contribution in [-0.2, 0) is 0 Å². The predicted molar refractivity (Wildman–Crippen MR) is 64.8 cm³/mol. The van der Waals surface area contributed by atoms with Crippen LogP contribution in [0.15, 0.2) is 30.4 Å². The van der Waals surface area contributed by atoms with E-state index < -0.39 is 0 Å². The monoisotopic (exact) mass is 212 g/mol. The molecule has 0 fully saturated rings. The molecule has 0 bridgehead atoms. The highest BCUT2D eigenvalue weighted by molar-refractivity contribution is 5.75. The lowest BCUT2D eigenvalue weighted by atomic mass is 9.81. The number of rotatable bonds is 1. The Morgan fingerprint density at radius 3 is 3.00 bits per heavy atom. The van der Waals surface area contributed by atoms with Crippen molar-refractivity contribution < 1.29 is 4.79 Å². The number of aldehydes is 1. The van der Waals surface area contributed by atoms with Gasteiger partial charge in [-0.05, 0) is 47.8 Å². The minimum atomic E-state index is 0.566. The molecule has 3 atom stereocenters. The van der Waals surface area contributed by atoms with E-state index in [0.29, 0.717) is 17.8 Å². The summed E-state index contributed by atoms with van der Waals surface area (Å²) in [6, 6.07) is 6.21. The largest absolute Gasteiger partial charge is 0.298 e. The van der Waals surface area contributed by atoms with Crippen LogP contribution in [-0.4, -0.2) is 6.29 Å². The van der Waals surface area contributed by atoms with E-state index in [1.807, 2.05) is 6.07 Å². The molecule has 0 radical (unpaired) electrons. The predicted octanol–water partition coefficient (Wildman–Crippen LogP) is 3.67. The molecule has 0 saturated heterocycles. The molecule has 1 nitrogen and oxygen atoms in total. The first-order valence-corrected chi connectivity index (χ1v) is 6.07. The summed E-state index contributed by atoms with van der Waals surface area (Å²) in [5.74, 6) is 1.91. The second-order valence-electron chi connectivity index (χ2n) is 4.98. The third-order valence-corrected chi connectivity index (χ3v) is 4.18. The topological polar surface area (TPSA) is 17.1 Å². The molecule has 0 aliphatic heterocycles. The molecule has 0 spiro atoms. The molecular weight excluding hydrogens is 196 g/mol. The van der Waals surface area contributed by atoms with E-state index >= 15 is 0 Å². The van der Waals surface area contributed by atoms with Crippen LogP contribution in [0, 0.1) is 5.92 Å². The first kappa shape index (κ1) is 9.83. The number of allylic oxidation sites excluding steroid dienone is 2. The Morgan fingerprint density at radius 1 is 1.31 bits per heavy atom. The Bertz CT molecular complexity index is 459. The zero-order valence-corrected chi connectivity index (χ0v) is 9.52. The van der Waals surface area contributed by atoms with Crippen LogP contribution < -0.4 is 0 Å². The average molecular weight is 212 g/mol. The van der Waals surface area contributed by atoms with E-state index in [-0.39, 0.29) is 0 Å². The summed E-state index contributed by atoms with van der Waals surface area (Å²) >= 11 is 0. The Morgan fingerprint density at radius 2 is 2.19 bits per heavy atom. The molecule has 0 amide bonds. The summed E-state index contributed by atoms with van der Waals surface area (Å²) in [6.45, 7) is 2.29. The van der Waals surface area contributed by atoms with Crippen molar-refractivity contribution in [1.82, 2.24) is 0 Å². The molecule has 0 heterocycles. The minimum Gasteiger partial charge on any atom is -0.298 e. The molecule has 1 aromatic rings. The van der Waals surface area contributed by atoms with Crippen molar-refractivity contribution in [2.24, 2.45) is 5.92 Å². The number of benzene rings is 1. The summed E-state index contributed by atoms with van der Waals surface area (Å²) in [5, 5.41) is 0. The lowest BCUT2D eigenvalue weighted by molar-refractivity contribution is 0.112. The SMILES string of the molecule is CC1c2cc(C=O)ccc2C2CCC=CC12. The van der Waals surface area contributed by atoms with E-state index in [0.717, 1.165) is 11.8 Å². The summed E-state index contributed by atoms with van der Waals surface area (Å²) in [5.41, 5.74) is 3.69. The van der Waals surface area contributed by atoms with Crippen LogP contribution in [0.1, 0.15) is 53.1 Å². The van der Waals surface area contributed by atoms with Gasteiger partial charge in [-0.2, -0.15) is 0 Å². The van der Waals surface area contributed by atoms with Crippen LogP contribution in [0.2, 0.25) is 0 Å². The molecule has 82 valence electrons. The normalized spacial score (nSPS) is 30.9. The second kappa shape index (κ2) is 3.58. The van der Waals surface area contributed by atoms with E-state index in [4.69, 9.17) is 0 Å². The summed E-state index contributed by atoms with van der Waals surface area (Å²) in [6.07, 6.45) is 8.09. The van der Waals surface area contributed by atoms with E-state index in [2.05, 4.69) is 31.2 Å².